The third kappa shape index (κ3) is 5.73. The molecule has 0 saturated carbocycles. The molecule has 2 aromatic carbocycles. The van der Waals surface area contributed by atoms with Gasteiger partial charge in [0.05, 0.1) is 11.3 Å². The van der Waals surface area contributed by atoms with E-state index in [0.717, 1.165) is 12.0 Å². The van der Waals surface area contributed by atoms with E-state index in [0.29, 0.717) is 22.0 Å². The highest BCUT2D eigenvalue weighted by Gasteiger charge is 2.19. The number of nitrogens with one attached hydrogen (secondary N) is 2. The number of benzene rings is 2. The van der Waals surface area contributed by atoms with Gasteiger partial charge in [0.25, 0.3) is 11.8 Å². The molecule has 27 heavy (non-hydrogen) atoms. The molecule has 0 unspecified atom stereocenters. The minimum Gasteiger partial charge on any atom is -0.481 e. The summed E-state index contributed by atoms with van der Waals surface area (Å²) in [6, 6.07) is 12.2. The Bertz CT molecular complexity index is 823. The van der Waals surface area contributed by atoms with Crippen molar-refractivity contribution in [3.8, 4) is 5.75 Å². The first-order valence-corrected chi connectivity index (χ1v) is 9.33. The first kappa shape index (κ1) is 20.8. The monoisotopic (exact) mass is 388 g/mol. The molecule has 0 saturated heterocycles. The van der Waals surface area contributed by atoms with Crippen LogP contribution in [0.15, 0.2) is 42.5 Å². The lowest BCUT2D eigenvalue weighted by atomic mass is 10.1. The van der Waals surface area contributed by atoms with Gasteiger partial charge in [-0.2, -0.15) is 0 Å². The average Bonchev–Trinajstić information content (AvgIpc) is 2.64. The van der Waals surface area contributed by atoms with Gasteiger partial charge in [0.2, 0.25) is 0 Å². The van der Waals surface area contributed by atoms with Crippen LogP contribution in [0.5, 0.6) is 5.75 Å². The molecule has 6 heteroatoms. The Morgan fingerprint density at radius 2 is 1.85 bits per heavy atom. The molecule has 2 N–H and O–H groups in total. The Morgan fingerprint density at radius 1 is 1.15 bits per heavy atom. The van der Waals surface area contributed by atoms with Crippen LogP contribution in [0.2, 0.25) is 5.02 Å². The zero-order valence-corrected chi connectivity index (χ0v) is 16.8. The van der Waals surface area contributed by atoms with Gasteiger partial charge >= 0.3 is 0 Å². The van der Waals surface area contributed by atoms with Crippen LogP contribution in [-0.2, 0) is 4.79 Å². The molecule has 2 aromatic rings. The second kappa shape index (κ2) is 9.42. The van der Waals surface area contributed by atoms with E-state index < -0.39 is 6.10 Å². The summed E-state index contributed by atoms with van der Waals surface area (Å²) in [5.41, 5.74) is 1.74. The van der Waals surface area contributed by atoms with E-state index in [9.17, 15) is 9.59 Å². The van der Waals surface area contributed by atoms with Gasteiger partial charge in [-0.25, -0.2) is 0 Å². The third-order valence-corrected chi connectivity index (χ3v) is 4.66. The van der Waals surface area contributed by atoms with E-state index in [-0.39, 0.29) is 17.9 Å². The number of ether oxygens (including phenoxy) is 1. The van der Waals surface area contributed by atoms with Crippen molar-refractivity contribution < 1.29 is 14.3 Å². The van der Waals surface area contributed by atoms with E-state index in [1.807, 2.05) is 20.8 Å². The zero-order valence-electron chi connectivity index (χ0n) is 16.0. The normalized spacial score (nSPS) is 12.8. The van der Waals surface area contributed by atoms with Crippen LogP contribution in [-0.4, -0.2) is 24.0 Å². The fourth-order valence-electron chi connectivity index (χ4n) is 2.38. The number of para-hydroxylation sites is 1. The van der Waals surface area contributed by atoms with Crippen molar-refractivity contribution in [3.05, 3.63) is 58.6 Å². The number of amides is 2. The molecule has 0 fully saturated rings. The summed E-state index contributed by atoms with van der Waals surface area (Å²) in [5, 5.41) is 6.32. The van der Waals surface area contributed by atoms with Gasteiger partial charge in [-0.1, -0.05) is 30.7 Å². The Labute approximate surface area is 165 Å². The topological polar surface area (TPSA) is 67.4 Å². The van der Waals surface area contributed by atoms with Gasteiger partial charge < -0.3 is 15.4 Å². The van der Waals surface area contributed by atoms with Crippen LogP contribution in [0, 0.1) is 6.92 Å². The average molecular weight is 389 g/mol. The lowest BCUT2D eigenvalue weighted by Gasteiger charge is -2.18. The molecule has 2 amide bonds. The summed E-state index contributed by atoms with van der Waals surface area (Å²) < 4.78 is 5.70. The van der Waals surface area contributed by atoms with Crippen LogP contribution in [0.25, 0.3) is 0 Å². The summed E-state index contributed by atoms with van der Waals surface area (Å²) in [7, 11) is 0. The highest BCUT2D eigenvalue weighted by molar-refractivity contribution is 6.31. The summed E-state index contributed by atoms with van der Waals surface area (Å²) in [6.45, 7) is 7.45. The standard InChI is InChI=1S/C21H25ClN2O3/c1-5-14(3)23-21(26)17-8-6-7-9-19(17)24-20(25)15(4)27-16-10-11-18(22)13(2)12-16/h6-12,14-15H,5H2,1-4H3,(H,23,26)(H,24,25)/t14-,15-/m1/s1. The predicted octanol–water partition coefficient (Wildman–Crippen LogP) is 4.58. The number of carbonyl (C=O) groups excluding carboxylic acids is 2. The van der Waals surface area contributed by atoms with E-state index >= 15 is 0 Å². The lowest BCUT2D eigenvalue weighted by molar-refractivity contribution is -0.122. The Kier molecular flexibility index (Phi) is 7.25. The molecular weight excluding hydrogens is 364 g/mol. The largest absolute Gasteiger partial charge is 0.481 e. The number of anilines is 1. The molecule has 2 rings (SSSR count). The molecule has 144 valence electrons. The number of hydrogen-bond acceptors (Lipinski definition) is 3. The number of aryl methyl sites for hydroxylation is 1. The van der Waals surface area contributed by atoms with Crippen molar-refractivity contribution in [1.29, 1.82) is 0 Å². The van der Waals surface area contributed by atoms with Gasteiger partial charge in [-0.05, 0) is 63.1 Å². The highest BCUT2D eigenvalue weighted by atomic mass is 35.5. The third-order valence-electron chi connectivity index (χ3n) is 4.23. The SMILES string of the molecule is CC[C@@H](C)NC(=O)c1ccccc1NC(=O)[C@@H](C)Oc1ccc(Cl)c(C)c1. The molecule has 0 aliphatic carbocycles. The van der Waals surface area contributed by atoms with Gasteiger partial charge in [0.15, 0.2) is 6.10 Å². The van der Waals surface area contributed by atoms with Crippen molar-refractivity contribution in [2.24, 2.45) is 0 Å². The van der Waals surface area contributed by atoms with Gasteiger partial charge in [0, 0.05) is 11.1 Å². The van der Waals surface area contributed by atoms with Crippen molar-refractivity contribution in [2.45, 2.75) is 46.3 Å². The van der Waals surface area contributed by atoms with Crippen LogP contribution < -0.4 is 15.4 Å². The molecule has 5 nitrogen and oxygen atoms in total. The quantitative estimate of drug-likeness (QED) is 0.729. The second-order valence-electron chi connectivity index (χ2n) is 6.49. The van der Waals surface area contributed by atoms with Crippen molar-refractivity contribution in [2.75, 3.05) is 5.32 Å². The molecule has 0 aliphatic rings. The Hall–Kier alpha value is -2.53. The summed E-state index contributed by atoms with van der Waals surface area (Å²) in [5.74, 6) is -0.00381. The summed E-state index contributed by atoms with van der Waals surface area (Å²) in [4.78, 5) is 25.0. The zero-order chi connectivity index (χ0) is 20.0. The van der Waals surface area contributed by atoms with E-state index in [4.69, 9.17) is 16.3 Å². The van der Waals surface area contributed by atoms with Crippen LogP contribution in [0.4, 0.5) is 5.69 Å². The van der Waals surface area contributed by atoms with E-state index in [1.54, 1.807) is 49.4 Å². The highest BCUT2D eigenvalue weighted by Crippen LogP contribution is 2.22. The Morgan fingerprint density at radius 3 is 2.52 bits per heavy atom. The first-order valence-electron chi connectivity index (χ1n) is 8.95. The summed E-state index contributed by atoms with van der Waals surface area (Å²) >= 11 is 6.01. The smallest absolute Gasteiger partial charge is 0.265 e. The molecule has 0 bridgehead atoms. The molecule has 0 spiro atoms. The maximum Gasteiger partial charge on any atom is 0.265 e. The van der Waals surface area contributed by atoms with Gasteiger partial charge in [0.1, 0.15) is 5.75 Å². The maximum atomic E-state index is 12.5. The molecular formula is C21H25ClN2O3. The molecule has 0 aromatic heterocycles. The molecule has 2 atom stereocenters. The lowest BCUT2D eigenvalue weighted by Crippen LogP contribution is -2.34. The molecule has 0 radical (unpaired) electrons. The maximum absolute atomic E-state index is 12.5. The van der Waals surface area contributed by atoms with Crippen LogP contribution >= 0.6 is 11.6 Å². The first-order chi connectivity index (χ1) is 12.8. The van der Waals surface area contributed by atoms with Gasteiger partial charge in [-0.15, -0.1) is 0 Å². The van der Waals surface area contributed by atoms with Crippen molar-refractivity contribution in [1.82, 2.24) is 5.32 Å². The number of halogens is 1. The molecule has 0 heterocycles. The number of hydrogen-bond donors (Lipinski definition) is 2. The van der Waals surface area contributed by atoms with Crippen molar-refractivity contribution in [3.63, 3.8) is 0 Å². The van der Waals surface area contributed by atoms with Crippen LogP contribution in [0.3, 0.4) is 0 Å². The second-order valence-corrected chi connectivity index (χ2v) is 6.90. The van der Waals surface area contributed by atoms with E-state index in [2.05, 4.69) is 10.6 Å². The van der Waals surface area contributed by atoms with Crippen molar-refractivity contribution >= 4 is 29.1 Å². The minimum atomic E-state index is -0.740. The number of rotatable bonds is 7. The molecule has 0 aliphatic heterocycles. The number of carbonyl (C=O) groups is 2. The van der Waals surface area contributed by atoms with Crippen LogP contribution in [0.1, 0.15) is 43.1 Å². The fraction of sp³-hybridized carbons (Fsp3) is 0.333. The fourth-order valence-corrected chi connectivity index (χ4v) is 2.49. The van der Waals surface area contributed by atoms with Gasteiger partial charge in [-0.3, -0.25) is 9.59 Å². The summed E-state index contributed by atoms with van der Waals surface area (Å²) in [6.07, 6.45) is 0.0855. The Balaban J connectivity index is 2.08. The minimum absolute atomic E-state index is 0.0525. The predicted molar refractivity (Wildman–Crippen MR) is 109 cm³/mol. The van der Waals surface area contributed by atoms with E-state index in [1.165, 1.54) is 0 Å².